The van der Waals surface area contributed by atoms with Crippen LogP contribution in [0.15, 0.2) is 36.5 Å². The Hall–Kier alpha value is -1.58. The smallest absolute Gasteiger partial charge is 0.145 e. The molecule has 1 aromatic heterocycles. The number of aromatic nitrogens is 1. The van der Waals surface area contributed by atoms with Gasteiger partial charge in [0, 0.05) is 28.9 Å². The number of nitrogens with zero attached hydrogens (tertiary/aromatic N) is 1. The van der Waals surface area contributed by atoms with Crippen molar-refractivity contribution in [2.24, 2.45) is 0 Å². The highest BCUT2D eigenvalue weighted by molar-refractivity contribution is 6.30. The minimum atomic E-state index is 0.405. The molecule has 0 fully saturated rings. The maximum atomic E-state index is 6.06. The van der Waals surface area contributed by atoms with Gasteiger partial charge in [-0.05, 0) is 37.3 Å². The van der Waals surface area contributed by atoms with Gasteiger partial charge in [0.25, 0.3) is 0 Å². The van der Waals surface area contributed by atoms with Crippen molar-refractivity contribution in [1.29, 1.82) is 0 Å². The van der Waals surface area contributed by atoms with Crippen LogP contribution in [-0.4, -0.2) is 11.0 Å². The molecular weight excluding hydrogens is 272 g/mol. The maximum Gasteiger partial charge on any atom is 0.145 e. The third-order valence-corrected chi connectivity index (χ3v) is 3.07. The number of benzene rings is 1. The Labute approximate surface area is 124 Å². The van der Waals surface area contributed by atoms with Gasteiger partial charge in [-0.15, -0.1) is 0 Å². The van der Waals surface area contributed by atoms with E-state index in [-0.39, 0.29) is 0 Å². The number of rotatable bonds is 5. The number of ether oxygens (including phenoxy) is 1. The molecule has 1 heterocycles. The molecule has 0 aliphatic rings. The Balaban J connectivity index is 2.19. The molecule has 3 nitrogen and oxygen atoms in total. The molecular formula is C16H19ClN2O. The third kappa shape index (κ3) is 4.22. The van der Waals surface area contributed by atoms with E-state index in [0.717, 1.165) is 22.8 Å². The SMILES string of the molecule is Cc1ccc(Oc2ccc(Cl)cc2CNC(C)C)cn1. The zero-order valence-corrected chi connectivity index (χ0v) is 12.7. The normalized spacial score (nSPS) is 10.8. The second-order valence-corrected chi connectivity index (χ2v) is 5.46. The van der Waals surface area contributed by atoms with Crippen molar-refractivity contribution >= 4 is 11.6 Å². The van der Waals surface area contributed by atoms with E-state index in [1.165, 1.54) is 0 Å². The molecule has 0 saturated carbocycles. The van der Waals surface area contributed by atoms with Gasteiger partial charge in [-0.2, -0.15) is 0 Å². The van der Waals surface area contributed by atoms with E-state index in [1.807, 2.05) is 37.3 Å². The lowest BCUT2D eigenvalue weighted by Crippen LogP contribution is -2.22. The van der Waals surface area contributed by atoms with Crippen LogP contribution in [0.1, 0.15) is 25.1 Å². The van der Waals surface area contributed by atoms with E-state index < -0.39 is 0 Å². The van der Waals surface area contributed by atoms with Crippen LogP contribution in [0.2, 0.25) is 5.02 Å². The molecule has 0 aliphatic heterocycles. The Bertz CT molecular complexity index is 567. The van der Waals surface area contributed by atoms with Gasteiger partial charge in [0.1, 0.15) is 11.5 Å². The number of nitrogens with one attached hydrogen (secondary N) is 1. The molecule has 0 aliphatic carbocycles. The predicted octanol–water partition coefficient (Wildman–Crippen LogP) is 4.33. The summed E-state index contributed by atoms with van der Waals surface area (Å²) in [5, 5.41) is 4.08. The van der Waals surface area contributed by atoms with Gasteiger partial charge in [-0.1, -0.05) is 25.4 Å². The number of hydrogen-bond donors (Lipinski definition) is 1. The second kappa shape index (κ2) is 6.73. The number of pyridine rings is 1. The molecule has 0 unspecified atom stereocenters. The second-order valence-electron chi connectivity index (χ2n) is 5.02. The summed E-state index contributed by atoms with van der Waals surface area (Å²) in [6.45, 7) is 6.88. The summed E-state index contributed by atoms with van der Waals surface area (Å²) in [5.41, 5.74) is 2.00. The van der Waals surface area contributed by atoms with Gasteiger partial charge in [-0.25, -0.2) is 0 Å². The van der Waals surface area contributed by atoms with Crippen molar-refractivity contribution in [3.05, 3.63) is 52.8 Å². The summed E-state index contributed by atoms with van der Waals surface area (Å²) in [5.74, 6) is 1.52. The van der Waals surface area contributed by atoms with Crippen molar-refractivity contribution in [2.75, 3.05) is 0 Å². The minimum absolute atomic E-state index is 0.405. The molecule has 0 radical (unpaired) electrons. The number of hydrogen-bond acceptors (Lipinski definition) is 3. The van der Waals surface area contributed by atoms with Crippen LogP contribution in [0.3, 0.4) is 0 Å². The first-order chi connectivity index (χ1) is 9.54. The Morgan fingerprint density at radius 3 is 2.70 bits per heavy atom. The van der Waals surface area contributed by atoms with Crippen molar-refractivity contribution in [3.8, 4) is 11.5 Å². The van der Waals surface area contributed by atoms with Crippen LogP contribution >= 0.6 is 11.6 Å². The molecule has 1 aromatic carbocycles. The molecule has 2 rings (SSSR count). The first-order valence-electron chi connectivity index (χ1n) is 6.67. The molecule has 106 valence electrons. The molecule has 0 saturated heterocycles. The van der Waals surface area contributed by atoms with E-state index >= 15 is 0 Å². The molecule has 0 amide bonds. The summed E-state index contributed by atoms with van der Waals surface area (Å²) in [6, 6.07) is 9.89. The highest BCUT2D eigenvalue weighted by Gasteiger charge is 2.07. The van der Waals surface area contributed by atoms with Crippen LogP contribution in [-0.2, 0) is 6.54 Å². The Kier molecular flexibility index (Phi) is 4.99. The molecule has 1 N–H and O–H groups in total. The topological polar surface area (TPSA) is 34.1 Å². The molecule has 2 aromatic rings. The van der Waals surface area contributed by atoms with Crippen LogP contribution in [0.4, 0.5) is 0 Å². The largest absolute Gasteiger partial charge is 0.455 e. The molecule has 20 heavy (non-hydrogen) atoms. The van der Waals surface area contributed by atoms with E-state index in [9.17, 15) is 0 Å². The van der Waals surface area contributed by atoms with Gasteiger partial charge in [0.05, 0.1) is 6.20 Å². The van der Waals surface area contributed by atoms with Crippen molar-refractivity contribution in [3.63, 3.8) is 0 Å². The first-order valence-corrected chi connectivity index (χ1v) is 7.04. The van der Waals surface area contributed by atoms with Crippen LogP contribution in [0, 0.1) is 6.92 Å². The van der Waals surface area contributed by atoms with E-state index in [0.29, 0.717) is 17.6 Å². The lowest BCUT2D eigenvalue weighted by atomic mass is 10.2. The molecule has 0 spiro atoms. The average molecular weight is 291 g/mol. The van der Waals surface area contributed by atoms with Gasteiger partial charge >= 0.3 is 0 Å². The van der Waals surface area contributed by atoms with Crippen LogP contribution in [0.25, 0.3) is 0 Å². The van der Waals surface area contributed by atoms with Gasteiger partial charge in [0.15, 0.2) is 0 Å². The molecule has 0 bridgehead atoms. The summed E-state index contributed by atoms with van der Waals surface area (Å²) < 4.78 is 5.89. The van der Waals surface area contributed by atoms with Gasteiger partial charge in [-0.3, -0.25) is 4.98 Å². The Morgan fingerprint density at radius 2 is 2.05 bits per heavy atom. The number of halogens is 1. The summed E-state index contributed by atoms with van der Waals surface area (Å²) in [4.78, 5) is 4.23. The predicted molar refractivity (Wildman–Crippen MR) is 82.5 cm³/mol. The summed E-state index contributed by atoms with van der Waals surface area (Å²) in [6.07, 6.45) is 1.73. The first kappa shape index (κ1) is 14.8. The highest BCUT2D eigenvalue weighted by Crippen LogP contribution is 2.27. The van der Waals surface area contributed by atoms with E-state index in [1.54, 1.807) is 6.20 Å². The summed E-state index contributed by atoms with van der Waals surface area (Å²) >= 11 is 6.06. The highest BCUT2D eigenvalue weighted by atomic mass is 35.5. The van der Waals surface area contributed by atoms with Crippen molar-refractivity contribution in [1.82, 2.24) is 10.3 Å². The van der Waals surface area contributed by atoms with Gasteiger partial charge < -0.3 is 10.1 Å². The quantitative estimate of drug-likeness (QED) is 0.890. The molecule has 4 heteroatoms. The molecule has 0 atom stereocenters. The minimum Gasteiger partial charge on any atom is -0.455 e. The average Bonchev–Trinajstić information content (AvgIpc) is 2.41. The van der Waals surface area contributed by atoms with Crippen molar-refractivity contribution < 1.29 is 4.74 Å². The van der Waals surface area contributed by atoms with Gasteiger partial charge in [0.2, 0.25) is 0 Å². The number of aryl methyl sites for hydroxylation is 1. The Morgan fingerprint density at radius 1 is 1.25 bits per heavy atom. The zero-order valence-electron chi connectivity index (χ0n) is 12.0. The summed E-state index contributed by atoms with van der Waals surface area (Å²) in [7, 11) is 0. The van der Waals surface area contributed by atoms with E-state index in [2.05, 4.69) is 24.1 Å². The van der Waals surface area contributed by atoms with Crippen LogP contribution < -0.4 is 10.1 Å². The van der Waals surface area contributed by atoms with E-state index in [4.69, 9.17) is 16.3 Å². The maximum absolute atomic E-state index is 6.06. The lowest BCUT2D eigenvalue weighted by Gasteiger charge is -2.14. The fourth-order valence-electron chi connectivity index (χ4n) is 1.74. The fraction of sp³-hybridized carbons (Fsp3) is 0.312. The third-order valence-electron chi connectivity index (χ3n) is 2.84. The fourth-order valence-corrected chi connectivity index (χ4v) is 1.94. The van der Waals surface area contributed by atoms with Crippen molar-refractivity contribution in [2.45, 2.75) is 33.4 Å². The van der Waals surface area contributed by atoms with Crippen LogP contribution in [0.5, 0.6) is 11.5 Å². The lowest BCUT2D eigenvalue weighted by molar-refractivity contribution is 0.467. The zero-order chi connectivity index (χ0) is 14.5. The standard InChI is InChI=1S/C16H19ClN2O/c1-11(2)18-9-13-8-14(17)5-7-16(13)20-15-6-4-12(3)19-10-15/h4-8,10-11,18H,9H2,1-3H3. The monoisotopic (exact) mass is 290 g/mol.